The zero-order chi connectivity index (χ0) is 13.4. The van der Waals surface area contributed by atoms with Gasteiger partial charge in [-0.25, -0.2) is 0 Å². The Morgan fingerprint density at radius 3 is 2.84 bits per heavy atom. The van der Waals surface area contributed by atoms with Crippen molar-refractivity contribution in [3.8, 4) is 0 Å². The number of aryl methyl sites for hydroxylation is 1. The summed E-state index contributed by atoms with van der Waals surface area (Å²) in [6.07, 6.45) is 3.05. The summed E-state index contributed by atoms with van der Waals surface area (Å²) >= 11 is 0. The van der Waals surface area contributed by atoms with E-state index < -0.39 is 6.10 Å². The summed E-state index contributed by atoms with van der Waals surface area (Å²) in [5.74, 6) is 0. The van der Waals surface area contributed by atoms with Gasteiger partial charge in [0.1, 0.15) is 0 Å². The summed E-state index contributed by atoms with van der Waals surface area (Å²) in [5, 5.41) is 19.4. The molecule has 3 rings (SSSR count). The summed E-state index contributed by atoms with van der Waals surface area (Å²) < 4.78 is 3.68. The molecule has 0 aliphatic heterocycles. The Bertz CT molecular complexity index is 711. The standard InChI is InChI=1S/C14H16N4O/c1-10(19)11-7-15-18(8-11)9-13-12-5-3-4-6-14(12)17(2)16-13/h3-8,10,19H,9H2,1-2H3. The van der Waals surface area contributed by atoms with E-state index in [4.69, 9.17) is 0 Å². The fraction of sp³-hybridized carbons (Fsp3) is 0.286. The molecule has 0 aliphatic rings. The number of hydrogen-bond acceptors (Lipinski definition) is 3. The number of hydrogen-bond donors (Lipinski definition) is 1. The minimum Gasteiger partial charge on any atom is -0.389 e. The third-order valence-electron chi connectivity index (χ3n) is 3.28. The van der Waals surface area contributed by atoms with Crippen molar-refractivity contribution in [2.75, 3.05) is 0 Å². The molecule has 0 saturated heterocycles. The summed E-state index contributed by atoms with van der Waals surface area (Å²) in [6, 6.07) is 8.14. The van der Waals surface area contributed by atoms with Gasteiger partial charge in [0.2, 0.25) is 0 Å². The summed E-state index contributed by atoms with van der Waals surface area (Å²) in [6.45, 7) is 2.34. The SMILES string of the molecule is CC(O)c1cnn(Cc2nn(C)c3ccccc23)c1. The molecule has 1 N–H and O–H groups in total. The van der Waals surface area contributed by atoms with Crippen LogP contribution < -0.4 is 0 Å². The van der Waals surface area contributed by atoms with Gasteiger partial charge in [-0.3, -0.25) is 9.36 Å². The number of benzene rings is 1. The first-order chi connectivity index (χ1) is 9.15. The Morgan fingerprint density at radius 2 is 2.11 bits per heavy atom. The van der Waals surface area contributed by atoms with Crippen LogP contribution in [-0.2, 0) is 13.6 Å². The van der Waals surface area contributed by atoms with E-state index in [1.807, 2.05) is 30.1 Å². The fourth-order valence-corrected chi connectivity index (χ4v) is 2.24. The zero-order valence-corrected chi connectivity index (χ0v) is 11.0. The Morgan fingerprint density at radius 1 is 1.32 bits per heavy atom. The molecule has 0 aliphatic carbocycles. The van der Waals surface area contributed by atoms with Gasteiger partial charge in [0.15, 0.2) is 0 Å². The van der Waals surface area contributed by atoms with E-state index in [0.717, 1.165) is 22.2 Å². The second-order valence-corrected chi connectivity index (χ2v) is 4.73. The highest BCUT2D eigenvalue weighted by molar-refractivity contribution is 5.81. The summed E-state index contributed by atoms with van der Waals surface area (Å²) in [4.78, 5) is 0. The topological polar surface area (TPSA) is 55.9 Å². The van der Waals surface area contributed by atoms with E-state index in [9.17, 15) is 5.11 Å². The molecular formula is C14H16N4O. The van der Waals surface area contributed by atoms with Crippen molar-refractivity contribution in [1.29, 1.82) is 0 Å². The minimum absolute atomic E-state index is 0.491. The Balaban J connectivity index is 1.96. The maximum absolute atomic E-state index is 9.51. The highest BCUT2D eigenvalue weighted by Gasteiger charge is 2.10. The van der Waals surface area contributed by atoms with Gasteiger partial charge < -0.3 is 5.11 Å². The van der Waals surface area contributed by atoms with Crippen LogP contribution in [0.4, 0.5) is 0 Å². The molecule has 0 spiro atoms. The predicted molar refractivity (Wildman–Crippen MR) is 72.7 cm³/mol. The lowest BCUT2D eigenvalue weighted by atomic mass is 10.2. The number of fused-ring (bicyclic) bond motifs is 1. The highest BCUT2D eigenvalue weighted by Crippen LogP contribution is 2.18. The molecule has 3 aromatic rings. The van der Waals surface area contributed by atoms with Crippen LogP contribution in [0, 0.1) is 0 Å². The first kappa shape index (κ1) is 11.9. The van der Waals surface area contributed by atoms with Crippen LogP contribution in [0.3, 0.4) is 0 Å². The van der Waals surface area contributed by atoms with Crippen LogP contribution in [0.1, 0.15) is 24.3 Å². The van der Waals surface area contributed by atoms with Crippen molar-refractivity contribution in [1.82, 2.24) is 19.6 Å². The van der Waals surface area contributed by atoms with Crippen molar-refractivity contribution < 1.29 is 5.11 Å². The van der Waals surface area contributed by atoms with Gasteiger partial charge in [-0.2, -0.15) is 10.2 Å². The Kier molecular flexibility index (Phi) is 2.83. The van der Waals surface area contributed by atoms with Crippen molar-refractivity contribution in [2.45, 2.75) is 19.6 Å². The maximum atomic E-state index is 9.51. The zero-order valence-electron chi connectivity index (χ0n) is 11.0. The molecule has 0 saturated carbocycles. The molecule has 1 unspecified atom stereocenters. The van der Waals surface area contributed by atoms with E-state index in [-0.39, 0.29) is 0 Å². The van der Waals surface area contributed by atoms with Crippen LogP contribution in [0.25, 0.3) is 10.9 Å². The third kappa shape index (κ3) is 2.13. The normalized spacial score (nSPS) is 13.0. The van der Waals surface area contributed by atoms with Crippen molar-refractivity contribution in [3.05, 3.63) is 47.9 Å². The first-order valence-corrected chi connectivity index (χ1v) is 6.26. The average molecular weight is 256 g/mol. The largest absolute Gasteiger partial charge is 0.389 e. The molecule has 19 heavy (non-hydrogen) atoms. The van der Waals surface area contributed by atoms with Crippen molar-refractivity contribution >= 4 is 10.9 Å². The van der Waals surface area contributed by atoms with Gasteiger partial charge in [-0.15, -0.1) is 0 Å². The molecule has 1 aromatic carbocycles. The molecule has 1 atom stereocenters. The number of aliphatic hydroxyl groups excluding tert-OH is 1. The lowest BCUT2D eigenvalue weighted by molar-refractivity contribution is 0.199. The van der Waals surface area contributed by atoms with E-state index in [1.54, 1.807) is 17.8 Å². The molecule has 0 radical (unpaired) electrons. The van der Waals surface area contributed by atoms with Crippen molar-refractivity contribution in [2.24, 2.45) is 7.05 Å². The monoisotopic (exact) mass is 256 g/mol. The van der Waals surface area contributed by atoms with Gasteiger partial charge in [0, 0.05) is 24.2 Å². The number of para-hydroxylation sites is 1. The smallest absolute Gasteiger partial charge is 0.0918 e. The quantitative estimate of drug-likeness (QED) is 0.778. The first-order valence-electron chi connectivity index (χ1n) is 6.26. The van der Waals surface area contributed by atoms with E-state index in [2.05, 4.69) is 22.3 Å². The lowest BCUT2D eigenvalue weighted by Crippen LogP contribution is -2.02. The van der Waals surface area contributed by atoms with Crippen LogP contribution in [0.2, 0.25) is 0 Å². The van der Waals surface area contributed by atoms with Gasteiger partial charge >= 0.3 is 0 Å². The molecule has 0 fully saturated rings. The van der Waals surface area contributed by atoms with Gasteiger partial charge in [0.05, 0.1) is 30.1 Å². The van der Waals surface area contributed by atoms with Crippen molar-refractivity contribution in [3.63, 3.8) is 0 Å². The molecule has 5 heteroatoms. The van der Waals surface area contributed by atoms with Gasteiger partial charge in [0.25, 0.3) is 0 Å². The lowest BCUT2D eigenvalue weighted by Gasteiger charge is -1.99. The molecular weight excluding hydrogens is 240 g/mol. The van der Waals surface area contributed by atoms with Gasteiger partial charge in [-0.05, 0) is 13.0 Å². The molecule has 5 nitrogen and oxygen atoms in total. The average Bonchev–Trinajstić information content (AvgIpc) is 2.97. The number of nitrogens with zero attached hydrogens (tertiary/aromatic N) is 4. The Hall–Kier alpha value is -2.14. The molecule has 2 aromatic heterocycles. The van der Waals surface area contributed by atoms with E-state index in [0.29, 0.717) is 6.54 Å². The summed E-state index contributed by atoms with van der Waals surface area (Å²) in [7, 11) is 1.94. The predicted octanol–water partition coefficient (Wildman–Crippen LogP) is 1.87. The maximum Gasteiger partial charge on any atom is 0.0918 e. The van der Waals surface area contributed by atoms with E-state index >= 15 is 0 Å². The molecule has 2 heterocycles. The van der Waals surface area contributed by atoms with Crippen LogP contribution in [0.5, 0.6) is 0 Å². The second kappa shape index (κ2) is 4.51. The minimum atomic E-state index is -0.491. The van der Waals surface area contributed by atoms with Crippen LogP contribution >= 0.6 is 0 Å². The van der Waals surface area contributed by atoms with Crippen LogP contribution in [-0.4, -0.2) is 24.7 Å². The summed E-state index contributed by atoms with van der Waals surface area (Å²) in [5.41, 5.74) is 2.92. The third-order valence-corrected chi connectivity index (χ3v) is 3.28. The molecule has 0 bridgehead atoms. The number of aromatic nitrogens is 4. The second-order valence-electron chi connectivity index (χ2n) is 4.73. The van der Waals surface area contributed by atoms with E-state index in [1.165, 1.54) is 0 Å². The molecule has 98 valence electrons. The number of aliphatic hydroxyl groups is 1. The molecule has 0 amide bonds. The van der Waals surface area contributed by atoms with Crippen LogP contribution in [0.15, 0.2) is 36.7 Å². The fourth-order valence-electron chi connectivity index (χ4n) is 2.24. The number of rotatable bonds is 3. The highest BCUT2D eigenvalue weighted by atomic mass is 16.3. The Labute approximate surface area is 111 Å². The van der Waals surface area contributed by atoms with Gasteiger partial charge in [-0.1, -0.05) is 18.2 Å².